The zero-order chi connectivity index (χ0) is 18.4. The van der Waals surface area contributed by atoms with Crippen molar-refractivity contribution in [2.45, 2.75) is 25.2 Å². The fourth-order valence-corrected chi connectivity index (χ4v) is 4.85. The lowest BCUT2D eigenvalue weighted by molar-refractivity contribution is -0.122. The summed E-state index contributed by atoms with van der Waals surface area (Å²) in [6.07, 6.45) is 2.52. The van der Waals surface area contributed by atoms with E-state index in [-0.39, 0.29) is 23.7 Å². The lowest BCUT2D eigenvalue weighted by atomic mass is 9.73. The number of benzene rings is 3. The van der Waals surface area contributed by atoms with Gasteiger partial charge in [0.1, 0.15) is 0 Å². The number of anilines is 1. The minimum Gasteiger partial charge on any atom is -0.274 e. The Balaban J connectivity index is 1.50. The lowest BCUT2D eigenvalue weighted by Crippen LogP contribution is -2.31. The van der Waals surface area contributed by atoms with Gasteiger partial charge >= 0.3 is 0 Å². The maximum atomic E-state index is 13.3. The first-order valence-corrected chi connectivity index (χ1v) is 9.64. The summed E-state index contributed by atoms with van der Waals surface area (Å²) < 4.78 is 0. The molecule has 0 bridgehead atoms. The van der Waals surface area contributed by atoms with E-state index in [1.54, 1.807) is 0 Å². The maximum absolute atomic E-state index is 13.3. The molecule has 3 heteroatoms. The van der Waals surface area contributed by atoms with Crippen LogP contribution in [0.25, 0.3) is 10.8 Å². The highest BCUT2D eigenvalue weighted by Gasteiger charge is 2.50. The van der Waals surface area contributed by atoms with Crippen molar-refractivity contribution < 1.29 is 9.59 Å². The predicted molar refractivity (Wildman–Crippen MR) is 106 cm³/mol. The van der Waals surface area contributed by atoms with Gasteiger partial charge in [0.05, 0.1) is 17.5 Å². The number of amides is 2. The van der Waals surface area contributed by atoms with Crippen LogP contribution in [0.3, 0.4) is 0 Å². The van der Waals surface area contributed by atoms with Crippen molar-refractivity contribution in [1.29, 1.82) is 0 Å². The summed E-state index contributed by atoms with van der Waals surface area (Å²) in [5.41, 5.74) is 2.01. The second-order valence-electron chi connectivity index (χ2n) is 7.64. The zero-order valence-electron chi connectivity index (χ0n) is 15.0. The number of carbonyl (C=O) groups excluding carboxylic acids is 2. The van der Waals surface area contributed by atoms with Gasteiger partial charge in [-0.2, -0.15) is 0 Å². The van der Waals surface area contributed by atoms with Crippen LogP contribution in [0.15, 0.2) is 72.8 Å². The molecule has 0 aromatic heterocycles. The van der Waals surface area contributed by atoms with Gasteiger partial charge in [-0.05, 0) is 42.2 Å². The van der Waals surface area contributed by atoms with Crippen molar-refractivity contribution in [3.63, 3.8) is 0 Å². The van der Waals surface area contributed by atoms with Crippen LogP contribution in [-0.4, -0.2) is 11.8 Å². The van der Waals surface area contributed by atoms with Gasteiger partial charge in [0.15, 0.2) is 0 Å². The smallest absolute Gasteiger partial charge is 0.237 e. The van der Waals surface area contributed by atoms with Gasteiger partial charge in [0.2, 0.25) is 11.8 Å². The minimum absolute atomic E-state index is 0.0205. The molecule has 2 fully saturated rings. The minimum atomic E-state index is -0.199. The summed E-state index contributed by atoms with van der Waals surface area (Å²) in [6, 6.07) is 24.1. The van der Waals surface area contributed by atoms with Crippen molar-refractivity contribution in [3.05, 3.63) is 78.4 Å². The third-order valence-electron chi connectivity index (χ3n) is 6.20. The molecule has 0 N–H and O–H groups in total. The topological polar surface area (TPSA) is 37.4 Å². The number of nitrogens with zero attached hydrogens (tertiary/aromatic N) is 1. The molecule has 3 aromatic carbocycles. The molecule has 134 valence electrons. The van der Waals surface area contributed by atoms with Gasteiger partial charge in [-0.25, -0.2) is 4.90 Å². The molecule has 3 nitrogen and oxygen atoms in total. The van der Waals surface area contributed by atoms with Crippen LogP contribution in [-0.2, 0) is 9.59 Å². The second kappa shape index (κ2) is 6.34. The quantitative estimate of drug-likeness (QED) is 0.612. The number of hydrogen-bond donors (Lipinski definition) is 0. The fourth-order valence-electron chi connectivity index (χ4n) is 4.85. The van der Waals surface area contributed by atoms with Crippen molar-refractivity contribution in [2.75, 3.05) is 4.90 Å². The number of hydrogen-bond acceptors (Lipinski definition) is 2. The summed E-state index contributed by atoms with van der Waals surface area (Å²) in [7, 11) is 0. The number of carbonyl (C=O) groups is 2. The van der Waals surface area contributed by atoms with Gasteiger partial charge in [-0.1, -0.05) is 66.7 Å². The van der Waals surface area contributed by atoms with Crippen LogP contribution in [0.4, 0.5) is 5.69 Å². The molecule has 0 unspecified atom stereocenters. The SMILES string of the molecule is O=C1[C@H]2CC[C@@H](c3ccccc3)C[C@H]2C(=O)N1c1cccc2ccccc12. The van der Waals surface area contributed by atoms with Crippen LogP contribution in [0.5, 0.6) is 0 Å². The summed E-state index contributed by atoms with van der Waals surface area (Å²) >= 11 is 0. The standard InChI is InChI=1S/C24H21NO2/c26-23-20-14-13-18(16-7-2-1-3-8-16)15-21(20)24(27)25(23)22-12-6-10-17-9-4-5-11-19(17)22/h1-12,18,20-21H,13-15H2/t18-,20+,21-/m1/s1. The Morgan fingerprint density at radius 3 is 2.26 bits per heavy atom. The fraction of sp³-hybridized carbons (Fsp3) is 0.250. The van der Waals surface area contributed by atoms with Gasteiger partial charge < -0.3 is 0 Å². The molecule has 3 atom stereocenters. The van der Waals surface area contributed by atoms with Gasteiger partial charge in [-0.15, -0.1) is 0 Å². The summed E-state index contributed by atoms with van der Waals surface area (Å²) in [5, 5.41) is 2.01. The first-order valence-electron chi connectivity index (χ1n) is 9.64. The van der Waals surface area contributed by atoms with Crippen LogP contribution in [0.1, 0.15) is 30.7 Å². The van der Waals surface area contributed by atoms with E-state index in [4.69, 9.17) is 0 Å². The third-order valence-corrected chi connectivity index (χ3v) is 6.20. The molecule has 0 spiro atoms. The van der Waals surface area contributed by atoms with Crippen LogP contribution in [0, 0.1) is 11.8 Å². The molecule has 1 heterocycles. The van der Waals surface area contributed by atoms with E-state index in [9.17, 15) is 9.59 Å². The third kappa shape index (κ3) is 2.57. The van der Waals surface area contributed by atoms with Crippen LogP contribution < -0.4 is 4.90 Å². The monoisotopic (exact) mass is 355 g/mol. The van der Waals surface area contributed by atoms with Crippen LogP contribution in [0.2, 0.25) is 0 Å². The average molecular weight is 355 g/mol. The zero-order valence-corrected chi connectivity index (χ0v) is 15.0. The Bertz CT molecular complexity index is 1020. The van der Waals surface area contributed by atoms with E-state index < -0.39 is 0 Å². The van der Waals surface area contributed by atoms with E-state index in [0.29, 0.717) is 5.92 Å². The van der Waals surface area contributed by atoms with E-state index in [1.807, 2.05) is 60.7 Å². The molecule has 2 amide bonds. The van der Waals surface area contributed by atoms with E-state index in [2.05, 4.69) is 12.1 Å². The molecule has 5 rings (SSSR count). The van der Waals surface area contributed by atoms with E-state index in [0.717, 1.165) is 35.7 Å². The first kappa shape index (κ1) is 16.2. The number of fused-ring (bicyclic) bond motifs is 2. The average Bonchev–Trinajstić information content (AvgIpc) is 2.98. The molecule has 1 saturated heterocycles. The molecule has 1 aliphatic carbocycles. The molecular weight excluding hydrogens is 334 g/mol. The summed E-state index contributed by atoms with van der Waals surface area (Å²) in [4.78, 5) is 27.9. The molecule has 3 aromatic rings. The molecule has 1 aliphatic heterocycles. The Hall–Kier alpha value is -2.94. The molecule has 27 heavy (non-hydrogen) atoms. The Morgan fingerprint density at radius 1 is 0.704 bits per heavy atom. The van der Waals surface area contributed by atoms with Crippen molar-refractivity contribution >= 4 is 28.3 Å². The Morgan fingerprint density at radius 2 is 1.41 bits per heavy atom. The number of imide groups is 1. The van der Waals surface area contributed by atoms with Gasteiger partial charge in [0, 0.05) is 5.39 Å². The molecule has 0 radical (unpaired) electrons. The lowest BCUT2D eigenvalue weighted by Gasteiger charge is -2.28. The number of rotatable bonds is 2. The van der Waals surface area contributed by atoms with E-state index >= 15 is 0 Å². The summed E-state index contributed by atoms with van der Waals surface area (Å²) in [5.74, 6) is -0.0571. The molecule has 1 saturated carbocycles. The highest BCUT2D eigenvalue weighted by atomic mass is 16.2. The Kier molecular flexibility index (Phi) is 3.82. The summed E-state index contributed by atoms with van der Waals surface area (Å²) in [6.45, 7) is 0. The van der Waals surface area contributed by atoms with E-state index in [1.165, 1.54) is 10.5 Å². The highest BCUT2D eigenvalue weighted by Crippen LogP contribution is 2.46. The second-order valence-corrected chi connectivity index (χ2v) is 7.64. The van der Waals surface area contributed by atoms with Crippen molar-refractivity contribution in [2.24, 2.45) is 11.8 Å². The van der Waals surface area contributed by atoms with Crippen molar-refractivity contribution in [3.8, 4) is 0 Å². The molecular formula is C24H21NO2. The van der Waals surface area contributed by atoms with Crippen molar-refractivity contribution in [1.82, 2.24) is 0 Å². The Labute approximate surface area is 158 Å². The van der Waals surface area contributed by atoms with Gasteiger partial charge in [-0.3, -0.25) is 9.59 Å². The first-order chi connectivity index (χ1) is 13.2. The predicted octanol–water partition coefficient (Wildman–Crippen LogP) is 4.91. The van der Waals surface area contributed by atoms with Gasteiger partial charge in [0.25, 0.3) is 0 Å². The maximum Gasteiger partial charge on any atom is 0.237 e. The van der Waals surface area contributed by atoms with Crippen LogP contribution >= 0.6 is 0 Å². The largest absolute Gasteiger partial charge is 0.274 e. The normalized spacial score (nSPS) is 25.0. The highest BCUT2D eigenvalue weighted by molar-refractivity contribution is 6.25. The molecule has 2 aliphatic rings.